The molecule has 1 aromatic heterocycles. The maximum absolute atomic E-state index is 12.1. The summed E-state index contributed by atoms with van der Waals surface area (Å²) < 4.78 is 5.64. The number of nitrogen functional groups attached to an aromatic ring is 1. The summed E-state index contributed by atoms with van der Waals surface area (Å²) in [7, 11) is 1.81. The molecule has 3 rings (SSSR count). The van der Waals surface area contributed by atoms with Gasteiger partial charge in [0.25, 0.3) is 6.01 Å². The number of nitrogens with two attached hydrogens (primary N) is 1. The van der Waals surface area contributed by atoms with Gasteiger partial charge in [0, 0.05) is 31.9 Å². The topological polar surface area (TPSA) is 75.6 Å². The SMILES string of the molecule is CN(CC(=O)N1CCCC1)c1nc2ccc(N)cc2o1. The quantitative estimate of drug-likeness (QED) is 0.858. The maximum atomic E-state index is 12.1. The third kappa shape index (κ3) is 2.41. The van der Waals surface area contributed by atoms with E-state index in [0.717, 1.165) is 31.4 Å². The monoisotopic (exact) mass is 274 g/mol. The Bertz CT molecular complexity index is 631. The highest BCUT2D eigenvalue weighted by Gasteiger charge is 2.21. The number of likely N-dealkylation sites (tertiary alicyclic amines) is 1. The number of benzene rings is 1. The van der Waals surface area contributed by atoms with E-state index in [0.29, 0.717) is 17.3 Å². The Labute approximate surface area is 117 Å². The van der Waals surface area contributed by atoms with Gasteiger partial charge in [0.1, 0.15) is 12.1 Å². The van der Waals surface area contributed by atoms with E-state index in [9.17, 15) is 4.79 Å². The fourth-order valence-electron chi connectivity index (χ4n) is 2.43. The van der Waals surface area contributed by atoms with Gasteiger partial charge in [-0.2, -0.15) is 4.98 Å². The minimum Gasteiger partial charge on any atom is -0.423 e. The standard InChI is InChI=1S/C14H18N4O2/c1-17(9-13(19)18-6-2-3-7-18)14-16-11-5-4-10(15)8-12(11)20-14/h4-5,8H,2-3,6-7,9,15H2,1H3. The number of likely N-dealkylation sites (N-methyl/N-ethyl adjacent to an activating group) is 1. The molecule has 1 fully saturated rings. The first-order valence-corrected chi connectivity index (χ1v) is 6.78. The summed E-state index contributed by atoms with van der Waals surface area (Å²) in [6, 6.07) is 5.78. The van der Waals surface area contributed by atoms with E-state index in [1.165, 1.54) is 0 Å². The van der Waals surface area contributed by atoms with E-state index in [1.807, 2.05) is 18.0 Å². The van der Waals surface area contributed by atoms with Crippen molar-refractivity contribution in [1.29, 1.82) is 0 Å². The van der Waals surface area contributed by atoms with Crippen LogP contribution in [0.25, 0.3) is 11.1 Å². The average molecular weight is 274 g/mol. The van der Waals surface area contributed by atoms with Crippen LogP contribution in [-0.4, -0.2) is 42.5 Å². The summed E-state index contributed by atoms with van der Waals surface area (Å²) in [5.74, 6) is 0.117. The highest BCUT2D eigenvalue weighted by Crippen LogP contribution is 2.23. The molecule has 106 valence electrons. The number of hydrogen-bond donors (Lipinski definition) is 1. The largest absolute Gasteiger partial charge is 0.423 e. The van der Waals surface area contributed by atoms with Crippen molar-refractivity contribution in [3.8, 4) is 0 Å². The summed E-state index contributed by atoms with van der Waals surface area (Å²) in [6.45, 7) is 2.00. The van der Waals surface area contributed by atoms with Gasteiger partial charge < -0.3 is 20.0 Å². The average Bonchev–Trinajstić information content (AvgIpc) is 3.07. The van der Waals surface area contributed by atoms with Crippen LogP contribution in [0.2, 0.25) is 0 Å². The van der Waals surface area contributed by atoms with Gasteiger partial charge in [-0.3, -0.25) is 4.79 Å². The van der Waals surface area contributed by atoms with Gasteiger partial charge in [0.2, 0.25) is 5.91 Å². The Kier molecular flexibility index (Phi) is 3.22. The molecule has 6 heteroatoms. The Balaban J connectivity index is 1.74. The fourth-order valence-corrected chi connectivity index (χ4v) is 2.43. The van der Waals surface area contributed by atoms with Gasteiger partial charge in [-0.15, -0.1) is 0 Å². The molecule has 0 radical (unpaired) electrons. The van der Waals surface area contributed by atoms with Crippen LogP contribution in [0.15, 0.2) is 22.6 Å². The number of amides is 1. The molecule has 2 aromatic rings. The third-order valence-corrected chi connectivity index (χ3v) is 3.56. The summed E-state index contributed by atoms with van der Waals surface area (Å²) in [4.78, 5) is 20.1. The lowest BCUT2D eigenvalue weighted by Gasteiger charge is -2.19. The Hall–Kier alpha value is -2.24. The predicted octanol–water partition coefficient (Wildman–Crippen LogP) is 1.47. The molecule has 20 heavy (non-hydrogen) atoms. The van der Waals surface area contributed by atoms with E-state index < -0.39 is 0 Å². The van der Waals surface area contributed by atoms with Crippen molar-refractivity contribution >= 4 is 28.7 Å². The third-order valence-electron chi connectivity index (χ3n) is 3.56. The second-order valence-corrected chi connectivity index (χ2v) is 5.17. The molecule has 0 saturated carbocycles. The van der Waals surface area contributed by atoms with Crippen LogP contribution in [0.5, 0.6) is 0 Å². The van der Waals surface area contributed by atoms with E-state index in [2.05, 4.69) is 4.98 Å². The van der Waals surface area contributed by atoms with Crippen molar-refractivity contribution in [2.24, 2.45) is 0 Å². The fraction of sp³-hybridized carbons (Fsp3) is 0.429. The summed E-state index contributed by atoms with van der Waals surface area (Å²) in [6.07, 6.45) is 2.19. The molecule has 6 nitrogen and oxygen atoms in total. The zero-order chi connectivity index (χ0) is 14.1. The molecule has 1 saturated heterocycles. The van der Waals surface area contributed by atoms with Crippen LogP contribution >= 0.6 is 0 Å². The van der Waals surface area contributed by atoms with Gasteiger partial charge in [-0.1, -0.05) is 0 Å². The van der Waals surface area contributed by atoms with E-state index in [1.54, 1.807) is 17.0 Å². The first kappa shape index (κ1) is 12.8. The maximum Gasteiger partial charge on any atom is 0.298 e. The highest BCUT2D eigenvalue weighted by molar-refractivity contribution is 5.82. The van der Waals surface area contributed by atoms with Crippen LogP contribution in [0, 0.1) is 0 Å². The Morgan fingerprint density at radius 1 is 1.45 bits per heavy atom. The Morgan fingerprint density at radius 3 is 2.95 bits per heavy atom. The predicted molar refractivity (Wildman–Crippen MR) is 77.5 cm³/mol. The lowest BCUT2D eigenvalue weighted by Crippen LogP contribution is -2.37. The molecule has 2 heterocycles. The van der Waals surface area contributed by atoms with E-state index in [-0.39, 0.29) is 12.5 Å². The number of nitrogens with zero attached hydrogens (tertiary/aromatic N) is 3. The number of hydrogen-bond acceptors (Lipinski definition) is 5. The lowest BCUT2D eigenvalue weighted by molar-refractivity contribution is -0.128. The molecule has 1 aromatic carbocycles. The van der Waals surface area contributed by atoms with E-state index in [4.69, 9.17) is 10.2 Å². The zero-order valence-electron chi connectivity index (χ0n) is 11.5. The van der Waals surface area contributed by atoms with Gasteiger partial charge >= 0.3 is 0 Å². The molecule has 0 bridgehead atoms. The molecule has 1 aliphatic heterocycles. The van der Waals surface area contributed by atoms with Crippen molar-refractivity contribution < 1.29 is 9.21 Å². The summed E-state index contributed by atoms with van der Waals surface area (Å²) in [5.41, 5.74) is 7.73. The number of aromatic nitrogens is 1. The first-order chi connectivity index (χ1) is 9.63. The number of carbonyl (C=O) groups excluding carboxylic acids is 1. The minimum atomic E-state index is 0.117. The van der Waals surface area contributed by atoms with Crippen molar-refractivity contribution in [2.45, 2.75) is 12.8 Å². The normalized spacial score (nSPS) is 14.9. The van der Waals surface area contributed by atoms with Gasteiger partial charge in [-0.25, -0.2) is 0 Å². The van der Waals surface area contributed by atoms with Crippen LogP contribution in [-0.2, 0) is 4.79 Å². The van der Waals surface area contributed by atoms with Gasteiger partial charge in [0.05, 0.1) is 0 Å². The number of carbonyl (C=O) groups is 1. The molecular weight excluding hydrogens is 256 g/mol. The van der Waals surface area contributed by atoms with Gasteiger partial charge in [0.15, 0.2) is 5.58 Å². The van der Waals surface area contributed by atoms with Crippen LogP contribution in [0.3, 0.4) is 0 Å². The number of anilines is 2. The molecule has 0 atom stereocenters. The van der Waals surface area contributed by atoms with Crippen molar-refractivity contribution in [2.75, 3.05) is 37.3 Å². The summed E-state index contributed by atoms with van der Waals surface area (Å²) in [5, 5.41) is 0. The molecule has 0 unspecified atom stereocenters. The molecular formula is C14H18N4O2. The van der Waals surface area contributed by atoms with E-state index >= 15 is 0 Å². The van der Waals surface area contributed by atoms with Crippen LogP contribution in [0.4, 0.5) is 11.7 Å². The van der Waals surface area contributed by atoms with Gasteiger partial charge in [-0.05, 0) is 25.0 Å². The molecule has 1 amide bonds. The second-order valence-electron chi connectivity index (χ2n) is 5.17. The molecule has 2 N–H and O–H groups in total. The van der Waals surface area contributed by atoms with Crippen LogP contribution in [0.1, 0.15) is 12.8 Å². The Morgan fingerprint density at radius 2 is 2.20 bits per heavy atom. The number of fused-ring (bicyclic) bond motifs is 1. The molecule has 0 aliphatic carbocycles. The van der Waals surface area contributed by atoms with Crippen molar-refractivity contribution in [1.82, 2.24) is 9.88 Å². The minimum absolute atomic E-state index is 0.117. The number of rotatable bonds is 3. The number of oxazole rings is 1. The summed E-state index contributed by atoms with van der Waals surface area (Å²) >= 11 is 0. The lowest BCUT2D eigenvalue weighted by atomic mass is 10.3. The second kappa shape index (κ2) is 5.03. The smallest absolute Gasteiger partial charge is 0.298 e. The molecule has 1 aliphatic rings. The van der Waals surface area contributed by atoms with Crippen molar-refractivity contribution in [3.63, 3.8) is 0 Å². The van der Waals surface area contributed by atoms with Crippen molar-refractivity contribution in [3.05, 3.63) is 18.2 Å². The zero-order valence-corrected chi connectivity index (χ0v) is 11.5. The highest BCUT2D eigenvalue weighted by atomic mass is 16.4. The molecule has 0 spiro atoms. The van der Waals surface area contributed by atoms with Crippen LogP contribution < -0.4 is 10.6 Å². The first-order valence-electron chi connectivity index (χ1n) is 6.78.